The molecule has 1 aliphatic heterocycles. The van der Waals surface area contributed by atoms with E-state index >= 15 is 0 Å². The molecule has 1 aliphatic rings. The molecule has 2 heterocycles. The van der Waals surface area contributed by atoms with Gasteiger partial charge in [0.15, 0.2) is 0 Å². The summed E-state index contributed by atoms with van der Waals surface area (Å²) in [6.07, 6.45) is 5.72. The molecule has 0 atom stereocenters. The number of halogens is 1. The number of nitrogens with zero attached hydrogens (tertiary/aromatic N) is 2. The summed E-state index contributed by atoms with van der Waals surface area (Å²) in [6, 6.07) is 2.57. The third-order valence-corrected chi connectivity index (χ3v) is 3.73. The monoisotopic (exact) mass is 311 g/mol. The predicted octanol–water partition coefficient (Wildman–Crippen LogP) is 1.94. The second kappa shape index (κ2) is 6.29. The van der Waals surface area contributed by atoms with Crippen molar-refractivity contribution in [2.24, 2.45) is 0 Å². The van der Waals surface area contributed by atoms with Gasteiger partial charge in [0.1, 0.15) is 0 Å². The molecular weight excluding hydrogens is 294 g/mol. The zero-order chi connectivity index (χ0) is 13.0. The van der Waals surface area contributed by atoms with Gasteiger partial charge < -0.3 is 10.2 Å². The SMILES string of the molecule is CC(=O)N1CCC(NCc2cncc(Br)c2)CC1. The zero-order valence-electron chi connectivity index (χ0n) is 10.5. The normalized spacial score (nSPS) is 16.9. The van der Waals surface area contributed by atoms with Crippen LogP contribution in [0.2, 0.25) is 0 Å². The molecule has 0 radical (unpaired) electrons. The van der Waals surface area contributed by atoms with Crippen LogP contribution in [0.25, 0.3) is 0 Å². The molecule has 5 heteroatoms. The molecule has 0 spiro atoms. The first-order chi connectivity index (χ1) is 8.65. The van der Waals surface area contributed by atoms with E-state index in [4.69, 9.17) is 0 Å². The highest BCUT2D eigenvalue weighted by Gasteiger charge is 2.19. The summed E-state index contributed by atoms with van der Waals surface area (Å²) in [6.45, 7) is 4.20. The lowest BCUT2D eigenvalue weighted by molar-refractivity contribution is -0.129. The van der Waals surface area contributed by atoms with Crippen LogP contribution >= 0.6 is 15.9 Å². The van der Waals surface area contributed by atoms with Gasteiger partial charge in [-0.1, -0.05) is 0 Å². The van der Waals surface area contributed by atoms with E-state index in [2.05, 4.69) is 32.3 Å². The van der Waals surface area contributed by atoms with Crippen LogP contribution < -0.4 is 5.32 Å². The van der Waals surface area contributed by atoms with Gasteiger partial charge in [-0.2, -0.15) is 0 Å². The number of aromatic nitrogens is 1. The van der Waals surface area contributed by atoms with Gasteiger partial charge in [0.2, 0.25) is 5.91 Å². The first-order valence-corrected chi connectivity index (χ1v) is 7.03. The lowest BCUT2D eigenvalue weighted by atomic mass is 10.0. The van der Waals surface area contributed by atoms with Gasteiger partial charge in [0.25, 0.3) is 0 Å². The van der Waals surface area contributed by atoms with Gasteiger partial charge in [-0.25, -0.2) is 0 Å². The standard InChI is InChI=1S/C13H18BrN3O/c1-10(18)17-4-2-13(3-5-17)16-8-11-6-12(14)9-15-7-11/h6-7,9,13,16H,2-5,8H2,1H3. The van der Waals surface area contributed by atoms with Crippen molar-refractivity contribution >= 4 is 21.8 Å². The molecule has 0 aliphatic carbocycles. The molecule has 1 amide bonds. The molecule has 1 N–H and O–H groups in total. The van der Waals surface area contributed by atoms with Crippen LogP contribution in [0.5, 0.6) is 0 Å². The van der Waals surface area contributed by atoms with Crippen molar-refractivity contribution in [1.82, 2.24) is 15.2 Å². The van der Waals surface area contributed by atoms with Gasteiger partial charge in [0.05, 0.1) is 0 Å². The molecule has 4 nitrogen and oxygen atoms in total. The van der Waals surface area contributed by atoms with Crippen LogP contribution in [0.4, 0.5) is 0 Å². The van der Waals surface area contributed by atoms with Crippen LogP contribution in [0.15, 0.2) is 22.9 Å². The topological polar surface area (TPSA) is 45.2 Å². The third-order valence-electron chi connectivity index (χ3n) is 3.30. The summed E-state index contributed by atoms with van der Waals surface area (Å²) in [4.78, 5) is 17.3. The summed E-state index contributed by atoms with van der Waals surface area (Å²) in [5.74, 6) is 0.185. The molecule has 0 bridgehead atoms. The average molecular weight is 312 g/mol. The van der Waals surface area contributed by atoms with Crippen molar-refractivity contribution in [3.05, 3.63) is 28.5 Å². The Balaban J connectivity index is 1.77. The maximum absolute atomic E-state index is 11.2. The molecule has 1 saturated heterocycles. The summed E-state index contributed by atoms with van der Waals surface area (Å²) in [5, 5.41) is 3.53. The quantitative estimate of drug-likeness (QED) is 0.928. The van der Waals surface area contributed by atoms with Crippen molar-refractivity contribution in [2.45, 2.75) is 32.4 Å². The zero-order valence-corrected chi connectivity index (χ0v) is 12.1. The number of rotatable bonds is 3. The van der Waals surface area contributed by atoms with E-state index in [9.17, 15) is 4.79 Å². The fourth-order valence-corrected chi connectivity index (χ4v) is 2.63. The lowest BCUT2D eigenvalue weighted by Gasteiger charge is -2.31. The Morgan fingerprint density at radius 3 is 2.83 bits per heavy atom. The third kappa shape index (κ3) is 3.78. The van der Waals surface area contributed by atoms with Gasteiger partial charge in [-0.3, -0.25) is 9.78 Å². The molecule has 0 unspecified atom stereocenters. The minimum absolute atomic E-state index is 0.185. The number of carbonyl (C=O) groups excluding carboxylic acids is 1. The average Bonchev–Trinajstić information content (AvgIpc) is 2.37. The van der Waals surface area contributed by atoms with Gasteiger partial charge in [0, 0.05) is 49.5 Å². The van der Waals surface area contributed by atoms with E-state index in [1.54, 1.807) is 13.1 Å². The first-order valence-electron chi connectivity index (χ1n) is 6.23. The van der Waals surface area contributed by atoms with Crippen molar-refractivity contribution in [1.29, 1.82) is 0 Å². The Morgan fingerprint density at radius 2 is 2.22 bits per heavy atom. The van der Waals surface area contributed by atoms with Crippen molar-refractivity contribution in [3.8, 4) is 0 Å². The van der Waals surface area contributed by atoms with E-state index in [-0.39, 0.29) is 5.91 Å². The maximum Gasteiger partial charge on any atom is 0.219 e. The Morgan fingerprint density at radius 1 is 1.50 bits per heavy atom. The van der Waals surface area contributed by atoms with Crippen molar-refractivity contribution < 1.29 is 4.79 Å². The number of likely N-dealkylation sites (tertiary alicyclic amines) is 1. The minimum Gasteiger partial charge on any atom is -0.343 e. The molecule has 1 aromatic heterocycles. The molecule has 1 aromatic rings. The summed E-state index contributed by atoms with van der Waals surface area (Å²) in [5.41, 5.74) is 1.18. The molecule has 0 saturated carbocycles. The summed E-state index contributed by atoms with van der Waals surface area (Å²) >= 11 is 3.42. The Bertz CT molecular complexity index is 416. The Kier molecular flexibility index (Phi) is 4.72. The number of hydrogen-bond donors (Lipinski definition) is 1. The van der Waals surface area contributed by atoms with Gasteiger partial charge in [-0.05, 0) is 40.4 Å². The summed E-state index contributed by atoms with van der Waals surface area (Å²) in [7, 11) is 0. The van der Waals surface area contributed by atoms with E-state index in [1.165, 1.54) is 5.56 Å². The number of pyridine rings is 1. The van der Waals surface area contributed by atoms with Crippen LogP contribution in [-0.4, -0.2) is 34.9 Å². The highest BCUT2D eigenvalue weighted by Crippen LogP contribution is 2.13. The van der Waals surface area contributed by atoms with E-state index in [1.807, 2.05) is 11.1 Å². The van der Waals surface area contributed by atoms with E-state index < -0.39 is 0 Å². The minimum atomic E-state index is 0.185. The second-order valence-electron chi connectivity index (χ2n) is 4.67. The van der Waals surface area contributed by atoms with Crippen LogP contribution in [-0.2, 0) is 11.3 Å². The fraction of sp³-hybridized carbons (Fsp3) is 0.538. The number of hydrogen-bond acceptors (Lipinski definition) is 3. The van der Waals surface area contributed by atoms with Gasteiger partial charge >= 0.3 is 0 Å². The van der Waals surface area contributed by atoms with E-state index in [0.717, 1.165) is 36.9 Å². The molecular formula is C13H18BrN3O. The number of amides is 1. The maximum atomic E-state index is 11.2. The van der Waals surface area contributed by atoms with Crippen LogP contribution in [0.1, 0.15) is 25.3 Å². The highest BCUT2D eigenvalue weighted by molar-refractivity contribution is 9.10. The van der Waals surface area contributed by atoms with Crippen LogP contribution in [0.3, 0.4) is 0 Å². The fourth-order valence-electron chi connectivity index (χ4n) is 2.21. The Labute approximate surface area is 116 Å². The number of piperidine rings is 1. The molecule has 98 valence electrons. The molecule has 1 fully saturated rings. The van der Waals surface area contributed by atoms with Crippen molar-refractivity contribution in [2.75, 3.05) is 13.1 Å². The molecule has 0 aromatic carbocycles. The predicted molar refractivity (Wildman–Crippen MR) is 74.1 cm³/mol. The van der Waals surface area contributed by atoms with Crippen molar-refractivity contribution in [3.63, 3.8) is 0 Å². The molecule has 18 heavy (non-hydrogen) atoms. The first kappa shape index (κ1) is 13.5. The second-order valence-corrected chi connectivity index (χ2v) is 5.59. The van der Waals surface area contributed by atoms with Gasteiger partial charge in [-0.15, -0.1) is 0 Å². The summed E-state index contributed by atoms with van der Waals surface area (Å²) < 4.78 is 1.01. The smallest absolute Gasteiger partial charge is 0.219 e. The van der Waals surface area contributed by atoms with Crippen LogP contribution in [0, 0.1) is 0 Å². The highest BCUT2D eigenvalue weighted by atomic mass is 79.9. The largest absolute Gasteiger partial charge is 0.343 e. The lowest BCUT2D eigenvalue weighted by Crippen LogP contribution is -2.43. The van der Waals surface area contributed by atoms with E-state index in [0.29, 0.717) is 6.04 Å². The number of carbonyl (C=O) groups is 1. The molecule has 2 rings (SSSR count). The Hall–Kier alpha value is -0.940. The number of nitrogens with one attached hydrogen (secondary N) is 1.